The van der Waals surface area contributed by atoms with Crippen molar-refractivity contribution in [1.82, 2.24) is 10.4 Å². The predicted octanol–water partition coefficient (Wildman–Crippen LogP) is 3.31. The van der Waals surface area contributed by atoms with Crippen molar-refractivity contribution in [3.63, 3.8) is 0 Å². The molecular weight excluding hydrogens is 390 g/mol. The Morgan fingerprint density at radius 1 is 1.35 bits per heavy atom. The van der Waals surface area contributed by atoms with Gasteiger partial charge in [-0.3, -0.25) is 4.79 Å². The van der Waals surface area contributed by atoms with Crippen LogP contribution in [-0.2, 0) is 0 Å². The lowest BCUT2D eigenvalue weighted by Gasteiger charge is -2.04. The molecule has 0 fully saturated rings. The fraction of sp³-hybridized carbons (Fsp3) is 0.0769. The maximum atomic E-state index is 11.8. The van der Waals surface area contributed by atoms with Crippen LogP contribution in [0.5, 0.6) is 5.75 Å². The van der Waals surface area contributed by atoms with Gasteiger partial charge in [0.15, 0.2) is 0 Å². The summed E-state index contributed by atoms with van der Waals surface area (Å²) < 4.78 is 6.92. The SMILES string of the molecule is COc1ccc(Br)cc1/C=N\NC(=O)c1cc(Br)c[nH]1. The average molecular weight is 401 g/mol. The molecule has 5 nitrogen and oxygen atoms in total. The Morgan fingerprint density at radius 3 is 2.80 bits per heavy atom. The van der Waals surface area contributed by atoms with Crippen molar-refractivity contribution in [3.8, 4) is 5.75 Å². The lowest BCUT2D eigenvalue weighted by Crippen LogP contribution is -2.17. The standard InChI is InChI=1S/C13H11Br2N3O2/c1-20-12-3-2-9(14)4-8(12)6-17-18-13(19)11-5-10(15)7-16-11/h2-7,16H,1H3,(H,18,19)/b17-6-. The van der Waals surface area contributed by atoms with Gasteiger partial charge in [-0.05, 0) is 40.2 Å². The first-order valence-corrected chi connectivity index (χ1v) is 7.19. The molecule has 0 bridgehead atoms. The van der Waals surface area contributed by atoms with Gasteiger partial charge in [-0.1, -0.05) is 15.9 Å². The van der Waals surface area contributed by atoms with Gasteiger partial charge in [0.1, 0.15) is 11.4 Å². The van der Waals surface area contributed by atoms with Crippen molar-refractivity contribution in [2.24, 2.45) is 5.10 Å². The second-order valence-corrected chi connectivity index (χ2v) is 5.65. The summed E-state index contributed by atoms with van der Waals surface area (Å²) >= 11 is 6.63. The number of hydrogen-bond donors (Lipinski definition) is 2. The highest BCUT2D eigenvalue weighted by molar-refractivity contribution is 9.10. The molecule has 0 atom stereocenters. The van der Waals surface area contributed by atoms with Crippen LogP contribution in [0.2, 0.25) is 0 Å². The largest absolute Gasteiger partial charge is 0.496 e. The second-order valence-electron chi connectivity index (χ2n) is 3.82. The van der Waals surface area contributed by atoms with Crippen molar-refractivity contribution < 1.29 is 9.53 Å². The zero-order valence-electron chi connectivity index (χ0n) is 10.5. The van der Waals surface area contributed by atoms with Gasteiger partial charge in [0, 0.05) is 20.7 Å². The lowest BCUT2D eigenvalue weighted by atomic mass is 10.2. The molecule has 0 spiro atoms. The van der Waals surface area contributed by atoms with Gasteiger partial charge in [0.05, 0.1) is 13.3 Å². The number of ether oxygens (including phenoxy) is 1. The van der Waals surface area contributed by atoms with Gasteiger partial charge in [-0.2, -0.15) is 5.10 Å². The third-order valence-corrected chi connectivity index (χ3v) is 3.40. The fourth-order valence-electron chi connectivity index (χ4n) is 1.53. The number of hydrogen-bond acceptors (Lipinski definition) is 3. The summed E-state index contributed by atoms with van der Waals surface area (Å²) in [4.78, 5) is 14.6. The molecule has 1 amide bonds. The molecule has 2 rings (SSSR count). The highest BCUT2D eigenvalue weighted by atomic mass is 79.9. The Bertz CT molecular complexity index is 653. The van der Waals surface area contributed by atoms with E-state index in [0.29, 0.717) is 11.4 Å². The molecule has 2 N–H and O–H groups in total. The van der Waals surface area contributed by atoms with Gasteiger partial charge >= 0.3 is 0 Å². The quantitative estimate of drug-likeness (QED) is 0.610. The number of benzene rings is 1. The molecule has 104 valence electrons. The monoisotopic (exact) mass is 399 g/mol. The van der Waals surface area contributed by atoms with Gasteiger partial charge in [-0.15, -0.1) is 0 Å². The van der Waals surface area contributed by atoms with E-state index in [1.807, 2.05) is 18.2 Å². The van der Waals surface area contributed by atoms with Crippen LogP contribution in [0, 0.1) is 0 Å². The summed E-state index contributed by atoms with van der Waals surface area (Å²) in [5.41, 5.74) is 3.62. The van der Waals surface area contributed by atoms with Crippen LogP contribution in [-0.4, -0.2) is 24.2 Å². The van der Waals surface area contributed by atoms with Crippen LogP contribution in [0.1, 0.15) is 16.1 Å². The molecule has 1 aromatic carbocycles. The Labute approximate surface area is 132 Å². The smallest absolute Gasteiger partial charge is 0.287 e. The normalized spacial score (nSPS) is 10.8. The van der Waals surface area contributed by atoms with Gasteiger partial charge < -0.3 is 9.72 Å². The van der Waals surface area contributed by atoms with Gasteiger partial charge in [0.25, 0.3) is 5.91 Å². The summed E-state index contributed by atoms with van der Waals surface area (Å²) in [7, 11) is 1.58. The summed E-state index contributed by atoms with van der Waals surface area (Å²) in [5.74, 6) is 0.356. The van der Waals surface area contributed by atoms with E-state index in [4.69, 9.17) is 4.74 Å². The number of nitrogens with one attached hydrogen (secondary N) is 2. The number of H-pyrrole nitrogens is 1. The lowest BCUT2D eigenvalue weighted by molar-refractivity contribution is 0.0951. The maximum Gasteiger partial charge on any atom is 0.287 e. The maximum absolute atomic E-state index is 11.8. The molecule has 2 aromatic rings. The van der Waals surface area contributed by atoms with Gasteiger partial charge in [0.2, 0.25) is 0 Å². The zero-order chi connectivity index (χ0) is 14.5. The number of hydrazone groups is 1. The van der Waals surface area contributed by atoms with Crippen molar-refractivity contribution >= 4 is 44.0 Å². The van der Waals surface area contributed by atoms with E-state index in [1.54, 1.807) is 19.4 Å². The van der Waals surface area contributed by atoms with Crippen molar-refractivity contribution in [2.45, 2.75) is 0 Å². The number of aromatic nitrogens is 1. The Balaban J connectivity index is 2.07. The Hall–Kier alpha value is -1.60. The van der Waals surface area contributed by atoms with Crippen LogP contribution in [0.25, 0.3) is 0 Å². The number of nitrogens with zero attached hydrogens (tertiary/aromatic N) is 1. The molecule has 0 aliphatic rings. The number of halogens is 2. The third-order valence-electron chi connectivity index (χ3n) is 2.45. The summed E-state index contributed by atoms with van der Waals surface area (Å²) in [6, 6.07) is 7.20. The van der Waals surface area contributed by atoms with E-state index < -0.39 is 0 Å². The van der Waals surface area contributed by atoms with Crippen LogP contribution < -0.4 is 10.2 Å². The molecule has 1 aromatic heterocycles. The summed E-state index contributed by atoms with van der Waals surface area (Å²) in [6.45, 7) is 0. The average Bonchev–Trinajstić information content (AvgIpc) is 2.86. The molecule has 0 aliphatic carbocycles. The molecule has 20 heavy (non-hydrogen) atoms. The Morgan fingerprint density at radius 2 is 2.15 bits per heavy atom. The van der Waals surface area contributed by atoms with E-state index in [0.717, 1.165) is 14.5 Å². The third kappa shape index (κ3) is 3.71. The molecule has 0 radical (unpaired) electrons. The Kier molecular flexibility index (Phi) is 4.97. The molecule has 7 heteroatoms. The minimum atomic E-state index is -0.319. The molecule has 0 aliphatic heterocycles. The van der Waals surface area contributed by atoms with E-state index in [1.165, 1.54) is 6.21 Å². The van der Waals surface area contributed by atoms with Crippen LogP contribution in [0.4, 0.5) is 0 Å². The first kappa shape index (κ1) is 14.8. The van der Waals surface area contributed by atoms with E-state index in [2.05, 4.69) is 47.4 Å². The summed E-state index contributed by atoms with van der Waals surface area (Å²) in [6.07, 6.45) is 3.20. The van der Waals surface area contributed by atoms with E-state index in [-0.39, 0.29) is 5.91 Å². The first-order chi connectivity index (χ1) is 9.60. The topological polar surface area (TPSA) is 66.5 Å². The first-order valence-electron chi connectivity index (χ1n) is 5.61. The highest BCUT2D eigenvalue weighted by Crippen LogP contribution is 2.21. The molecule has 0 saturated carbocycles. The number of methoxy groups -OCH3 is 1. The fourth-order valence-corrected chi connectivity index (χ4v) is 2.25. The van der Waals surface area contributed by atoms with Crippen LogP contribution >= 0.6 is 31.9 Å². The minimum absolute atomic E-state index is 0.319. The highest BCUT2D eigenvalue weighted by Gasteiger charge is 2.06. The molecular formula is C13H11Br2N3O2. The summed E-state index contributed by atoms with van der Waals surface area (Å²) in [5, 5.41) is 3.92. The molecule has 0 unspecified atom stereocenters. The number of carbonyl (C=O) groups excluding carboxylic acids is 1. The minimum Gasteiger partial charge on any atom is -0.496 e. The number of amides is 1. The van der Waals surface area contributed by atoms with Crippen LogP contribution in [0.3, 0.4) is 0 Å². The van der Waals surface area contributed by atoms with Crippen molar-refractivity contribution in [2.75, 3.05) is 7.11 Å². The van der Waals surface area contributed by atoms with Crippen LogP contribution in [0.15, 0.2) is 44.5 Å². The zero-order valence-corrected chi connectivity index (χ0v) is 13.7. The van der Waals surface area contributed by atoms with E-state index in [9.17, 15) is 4.79 Å². The molecule has 0 saturated heterocycles. The van der Waals surface area contributed by atoms with Crippen molar-refractivity contribution in [3.05, 3.63) is 50.7 Å². The molecule has 1 heterocycles. The van der Waals surface area contributed by atoms with Gasteiger partial charge in [-0.25, -0.2) is 5.43 Å². The predicted molar refractivity (Wildman–Crippen MR) is 84.2 cm³/mol. The second kappa shape index (κ2) is 6.71. The van der Waals surface area contributed by atoms with Crippen molar-refractivity contribution in [1.29, 1.82) is 0 Å². The van der Waals surface area contributed by atoms with E-state index >= 15 is 0 Å². The number of carbonyl (C=O) groups is 1. The number of rotatable bonds is 4. The number of aromatic amines is 1.